The molecule has 0 aliphatic carbocycles. The summed E-state index contributed by atoms with van der Waals surface area (Å²) in [6.45, 7) is 8.49. The van der Waals surface area contributed by atoms with E-state index >= 15 is 0 Å². The van der Waals surface area contributed by atoms with Gasteiger partial charge in [-0.3, -0.25) is 0 Å². The number of rotatable bonds is 2. The third kappa shape index (κ3) is 7.60. The summed E-state index contributed by atoms with van der Waals surface area (Å²) in [7, 11) is 0. The summed E-state index contributed by atoms with van der Waals surface area (Å²) < 4.78 is 1.42. The van der Waals surface area contributed by atoms with E-state index in [4.69, 9.17) is 0 Å². The van der Waals surface area contributed by atoms with Crippen molar-refractivity contribution in [1.82, 2.24) is 0 Å². The summed E-state index contributed by atoms with van der Waals surface area (Å²) in [6, 6.07) is 52.5. The molecular formula is C43H38Cl2Ti. The molecule has 0 radical (unpaired) electrons. The van der Waals surface area contributed by atoms with Crippen LogP contribution in [0.4, 0.5) is 0 Å². The monoisotopic (exact) mass is 672 g/mol. The van der Waals surface area contributed by atoms with Crippen molar-refractivity contribution < 1.29 is 20.0 Å². The predicted octanol–water partition coefficient (Wildman–Crippen LogP) is 13.0. The molecule has 0 heterocycles. The van der Waals surface area contributed by atoms with E-state index in [1.807, 2.05) is 0 Å². The summed E-state index contributed by atoms with van der Waals surface area (Å²) in [4.78, 5) is 0. The van der Waals surface area contributed by atoms with Crippen LogP contribution in [0, 0.1) is 13.8 Å². The molecule has 0 saturated heterocycles. The number of halogens is 2. The molecule has 46 heavy (non-hydrogen) atoms. The molecule has 0 atom stereocenters. The first-order valence-electron chi connectivity index (χ1n) is 15.2. The molecule has 0 N–H and O–H groups in total. The van der Waals surface area contributed by atoms with Crippen LogP contribution in [0.25, 0.3) is 65.3 Å². The molecule has 8 aromatic carbocycles. The van der Waals surface area contributed by atoms with E-state index in [9.17, 15) is 0 Å². The van der Waals surface area contributed by atoms with Gasteiger partial charge >= 0.3 is 37.6 Å². The summed E-state index contributed by atoms with van der Waals surface area (Å²) >= 11 is 2.08. The minimum Gasteiger partial charge on any atom is -0.165 e. The van der Waals surface area contributed by atoms with E-state index < -0.39 is 0 Å². The fourth-order valence-electron chi connectivity index (χ4n) is 6.16. The van der Waals surface area contributed by atoms with Crippen molar-refractivity contribution in [2.45, 2.75) is 27.7 Å². The molecule has 8 rings (SSSR count). The van der Waals surface area contributed by atoms with Crippen LogP contribution in [0.15, 0.2) is 146 Å². The van der Waals surface area contributed by atoms with Crippen molar-refractivity contribution in [3.63, 3.8) is 0 Å². The topological polar surface area (TPSA) is 0 Å². The average Bonchev–Trinajstić information content (AvgIpc) is 3.61. The van der Waals surface area contributed by atoms with Gasteiger partial charge in [0.2, 0.25) is 0 Å². The van der Waals surface area contributed by atoms with Gasteiger partial charge in [0.15, 0.2) is 0 Å². The Morgan fingerprint density at radius 1 is 0.435 bits per heavy atom. The maximum absolute atomic E-state index is 2.28. The number of fused-ring (bicyclic) bond motifs is 4. The van der Waals surface area contributed by atoms with E-state index in [2.05, 4.69) is 193 Å². The third-order valence-electron chi connectivity index (χ3n) is 7.95. The fourth-order valence-corrected chi connectivity index (χ4v) is 6.16. The Labute approximate surface area is 296 Å². The second-order valence-electron chi connectivity index (χ2n) is 11.7. The number of hydrogen-bond donors (Lipinski definition) is 0. The zero-order valence-electron chi connectivity index (χ0n) is 26.7. The third-order valence-corrected chi connectivity index (χ3v) is 7.95. The van der Waals surface area contributed by atoms with Crippen molar-refractivity contribution in [3.8, 4) is 22.3 Å². The summed E-state index contributed by atoms with van der Waals surface area (Å²) in [5, 5.41) is 10.6. The maximum Gasteiger partial charge on any atom is -0.0114 e. The van der Waals surface area contributed by atoms with E-state index in [-0.39, 0.29) is 24.8 Å². The van der Waals surface area contributed by atoms with E-state index in [0.29, 0.717) is 0 Å². The SMILES string of the molecule is C[C](C)=[Ti+2].Cc1cc2c(-c3cccc4ccccc34)cccc2[cH-]1.Cc1cc2c(-c3cccc4ccccc34)cccc2[cH-]1.Cl.Cl. The van der Waals surface area contributed by atoms with Crippen molar-refractivity contribution in [2.75, 3.05) is 0 Å². The molecule has 0 aliphatic rings. The molecule has 0 aliphatic heterocycles. The quantitative estimate of drug-likeness (QED) is 0.127. The molecule has 0 aromatic heterocycles. The van der Waals surface area contributed by atoms with Gasteiger partial charge in [-0.2, -0.15) is 12.1 Å². The van der Waals surface area contributed by atoms with Crippen molar-refractivity contribution in [3.05, 3.63) is 157 Å². The second-order valence-corrected chi connectivity index (χ2v) is 13.3. The Hall–Kier alpha value is -3.78. The average molecular weight is 674 g/mol. The molecule has 3 heteroatoms. The molecule has 0 bridgehead atoms. The van der Waals surface area contributed by atoms with Crippen molar-refractivity contribution >= 4 is 71.7 Å². The number of hydrogen-bond acceptors (Lipinski definition) is 0. The van der Waals surface area contributed by atoms with Gasteiger partial charge in [0.25, 0.3) is 0 Å². The Kier molecular flexibility index (Phi) is 12.0. The van der Waals surface area contributed by atoms with E-state index in [1.165, 1.54) is 80.3 Å². The van der Waals surface area contributed by atoms with Crippen molar-refractivity contribution in [1.29, 1.82) is 0 Å². The van der Waals surface area contributed by atoms with Gasteiger partial charge in [0.1, 0.15) is 0 Å². The summed E-state index contributed by atoms with van der Waals surface area (Å²) in [6.07, 6.45) is 0. The summed E-state index contributed by atoms with van der Waals surface area (Å²) in [5.41, 5.74) is 7.94. The van der Waals surface area contributed by atoms with Gasteiger partial charge in [0, 0.05) is 0 Å². The van der Waals surface area contributed by atoms with Crippen LogP contribution in [0.3, 0.4) is 0 Å². The Morgan fingerprint density at radius 2 is 0.739 bits per heavy atom. The Balaban J connectivity index is 0.000000180. The minimum atomic E-state index is 0. The van der Waals surface area contributed by atoms with Gasteiger partial charge in [-0.25, -0.2) is 0 Å². The number of benzene rings is 6. The molecule has 228 valence electrons. The maximum atomic E-state index is 2.28. The van der Waals surface area contributed by atoms with Crippen LogP contribution in [-0.4, -0.2) is 3.81 Å². The van der Waals surface area contributed by atoms with E-state index in [0.717, 1.165) is 0 Å². The molecule has 0 unspecified atom stereocenters. The van der Waals surface area contributed by atoms with Crippen LogP contribution in [0.1, 0.15) is 25.0 Å². The molecule has 0 nitrogen and oxygen atoms in total. The molecule has 8 aromatic rings. The number of aryl methyl sites for hydroxylation is 2. The van der Waals surface area contributed by atoms with Gasteiger partial charge in [0.05, 0.1) is 0 Å². The first-order valence-corrected chi connectivity index (χ1v) is 16.0. The molecular weight excluding hydrogens is 635 g/mol. The second kappa shape index (κ2) is 15.7. The zero-order chi connectivity index (χ0) is 30.6. The molecule has 0 amide bonds. The Morgan fingerprint density at radius 3 is 1.13 bits per heavy atom. The standard InChI is InChI=1S/2C20H15.C3H6.2ClH.Ti/c2*1-14-12-16-8-5-11-19(20(16)13-14)18-10-4-7-15-6-2-3-9-17(15)18;1-3-2;;;/h2*2-13H,1H3;1-2H3;2*1H;/q2*-1;;;;+2. The zero-order valence-corrected chi connectivity index (χ0v) is 29.9. The van der Waals surface area contributed by atoms with Gasteiger partial charge in [-0.15, -0.1) is 93.9 Å². The van der Waals surface area contributed by atoms with Crippen LogP contribution >= 0.6 is 24.8 Å². The molecule has 0 saturated carbocycles. The normalized spacial score (nSPS) is 10.4. The van der Waals surface area contributed by atoms with Gasteiger partial charge < -0.3 is 0 Å². The van der Waals surface area contributed by atoms with E-state index in [1.54, 1.807) is 0 Å². The first kappa shape index (κ1) is 35.1. The van der Waals surface area contributed by atoms with Crippen LogP contribution in [-0.2, 0) is 20.0 Å². The molecule has 0 fully saturated rings. The smallest absolute Gasteiger partial charge is 0.0114 e. The predicted molar refractivity (Wildman–Crippen MR) is 205 cm³/mol. The van der Waals surface area contributed by atoms with Crippen LogP contribution in [0.5, 0.6) is 0 Å². The first-order chi connectivity index (χ1) is 21.4. The van der Waals surface area contributed by atoms with Gasteiger partial charge in [-0.1, -0.05) is 122 Å². The molecule has 0 spiro atoms. The van der Waals surface area contributed by atoms with Crippen LogP contribution in [0.2, 0.25) is 0 Å². The van der Waals surface area contributed by atoms with Gasteiger partial charge in [-0.05, 0) is 32.7 Å². The minimum absolute atomic E-state index is 0. The Bertz CT molecular complexity index is 2080. The van der Waals surface area contributed by atoms with Crippen molar-refractivity contribution in [2.24, 2.45) is 0 Å². The largest absolute Gasteiger partial charge is 0.165 e. The van der Waals surface area contributed by atoms with Crippen LogP contribution < -0.4 is 0 Å². The summed E-state index contributed by atoms with van der Waals surface area (Å²) in [5.74, 6) is 0. The fraction of sp³-hybridized carbons (Fsp3) is 0.0930.